The van der Waals surface area contributed by atoms with E-state index < -0.39 is 6.09 Å². The highest BCUT2D eigenvalue weighted by atomic mass is 19.1. The summed E-state index contributed by atoms with van der Waals surface area (Å²) in [4.78, 5) is 16.3. The molecular formula is C19H21FN2O3. The average molecular weight is 344 g/mol. The average Bonchev–Trinajstić information content (AvgIpc) is 2.63. The Morgan fingerprint density at radius 2 is 1.88 bits per heavy atom. The minimum Gasteiger partial charge on any atom is -0.494 e. The van der Waals surface area contributed by atoms with Gasteiger partial charge in [0.05, 0.1) is 12.8 Å². The first-order valence-corrected chi connectivity index (χ1v) is 8.13. The van der Waals surface area contributed by atoms with Gasteiger partial charge in [0.1, 0.15) is 11.6 Å². The lowest BCUT2D eigenvalue weighted by atomic mass is 10.2. The summed E-state index contributed by atoms with van der Waals surface area (Å²) in [7, 11) is 0. The van der Waals surface area contributed by atoms with Gasteiger partial charge in [-0.15, -0.1) is 0 Å². The highest BCUT2D eigenvalue weighted by Crippen LogP contribution is 2.12. The number of rotatable bonds is 8. The van der Waals surface area contributed by atoms with Crippen LogP contribution in [-0.4, -0.2) is 18.9 Å². The molecule has 0 aliphatic carbocycles. The number of unbranched alkanes of at least 4 members (excludes halogenated alkanes) is 1. The van der Waals surface area contributed by atoms with Gasteiger partial charge >= 0.3 is 6.09 Å². The summed E-state index contributed by atoms with van der Waals surface area (Å²) >= 11 is 0. The summed E-state index contributed by atoms with van der Waals surface area (Å²) in [6.45, 7) is 3.13. The van der Waals surface area contributed by atoms with E-state index in [4.69, 9.17) is 4.74 Å². The van der Waals surface area contributed by atoms with Crippen LogP contribution in [0.15, 0.2) is 53.7 Å². The number of carbonyl (C=O) groups excluding carboxylic acids is 1. The van der Waals surface area contributed by atoms with Crippen molar-refractivity contribution in [2.75, 3.05) is 6.61 Å². The van der Waals surface area contributed by atoms with Crippen molar-refractivity contribution in [3.63, 3.8) is 0 Å². The molecule has 2 aromatic rings. The number of hydrogen-bond donors (Lipinski definition) is 1. The van der Waals surface area contributed by atoms with Crippen LogP contribution in [-0.2, 0) is 11.4 Å². The minimum absolute atomic E-state index is 0.320. The summed E-state index contributed by atoms with van der Waals surface area (Å²) in [5.41, 5.74) is 1.55. The Labute approximate surface area is 146 Å². The molecule has 0 unspecified atom stereocenters. The smallest absolute Gasteiger partial charge is 0.433 e. The first-order valence-electron chi connectivity index (χ1n) is 8.13. The Kier molecular flexibility index (Phi) is 7.43. The van der Waals surface area contributed by atoms with E-state index in [1.807, 2.05) is 24.3 Å². The van der Waals surface area contributed by atoms with Crippen molar-refractivity contribution in [3.05, 3.63) is 65.5 Å². The molecule has 0 atom stereocenters. The Bertz CT molecular complexity index is 685. The molecule has 2 aromatic carbocycles. The fourth-order valence-corrected chi connectivity index (χ4v) is 1.93. The molecule has 1 amide bonds. The van der Waals surface area contributed by atoms with Gasteiger partial charge in [-0.05, 0) is 41.8 Å². The zero-order valence-corrected chi connectivity index (χ0v) is 14.1. The highest BCUT2D eigenvalue weighted by molar-refractivity contribution is 5.79. The van der Waals surface area contributed by atoms with E-state index >= 15 is 0 Å². The molecule has 5 nitrogen and oxygen atoms in total. The van der Waals surface area contributed by atoms with Crippen LogP contribution in [0, 0.1) is 5.82 Å². The van der Waals surface area contributed by atoms with Gasteiger partial charge in [-0.2, -0.15) is 0 Å². The van der Waals surface area contributed by atoms with Crippen LogP contribution in [0.5, 0.6) is 5.75 Å². The van der Waals surface area contributed by atoms with Crippen LogP contribution in [0.3, 0.4) is 0 Å². The fraction of sp³-hybridized carbons (Fsp3) is 0.263. The van der Waals surface area contributed by atoms with Gasteiger partial charge in [0.15, 0.2) is 0 Å². The summed E-state index contributed by atoms with van der Waals surface area (Å²) in [6, 6.07) is 13.2. The standard InChI is InChI=1S/C19H21FN2O3/c1-2-3-12-24-18-10-6-15(7-11-18)13-21-19(23)25-22-14-16-4-8-17(20)9-5-16/h4-11,14H,2-3,12-13H2,1H3,(H,21,23). The lowest BCUT2D eigenvalue weighted by Gasteiger charge is -2.07. The van der Waals surface area contributed by atoms with Gasteiger partial charge in [-0.1, -0.05) is 42.8 Å². The van der Waals surface area contributed by atoms with Crippen LogP contribution in [0.1, 0.15) is 30.9 Å². The van der Waals surface area contributed by atoms with Crippen molar-refractivity contribution in [2.45, 2.75) is 26.3 Å². The second-order valence-electron chi connectivity index (χ2n) is 5.36. The second kappa shape index (κ2) is 10.1. The number of hydrogen-bond acceptors (Lipinski definition) is 4. The van der Waals surface area contributed by atoms with Gasteiger partial charge in [0, 0.05) is 6.54 Å². The SMILES string of the molecule is CCCCOc1ccc(CNC(=O)ON=Cc2ccc(F)cc2)cc1. The van der Waals surface area contributed by atoms with Crippen molar-refractivity contribution >= 4 is 12.3 Å². The zero-order chi connectivity index (χ0) is 17.9. The summed E-state index contributed by atoms with van der Waals surface area (Å²) in [5, 5.41) is 6.15. The lowest BCUT2D eigenvalue weighted by molar-refractivity contribution is 0.151. The van der Waals surface area contributed by atoms with Crippen molar-refractivity contribution < 1.29 is 18.8 Å². The van der Waals surface area contributed by atoms with Crippen LogP contribution in [0.25, 0.3) is 0 Å². The van der Waals surface area contributed by atoms with Crippen LogP contribution >= 0.6 is 0 Å². The fourth-order valence-electron chi connectivity index (χ4n) is 1.93. The maximum Gasteiger partial charge on any atom is 0.433 e. The van der Waals surface area contributed by atoms with E-state index in [1.54, 1.807) is 0 Å². The van der Waals surface area contributed by atoms with Crippen molar-refractivity contribution in [1.82, 2.24) is 5.32 Å². The molecule has 1 N–H and O–H groups in total. The molecule has 2 rings (SSSR count). The highest BCUT2D eigenvalue weighted by Gasteiger charge is 2.02. The lowest BCUT2D eigenvalue weighted by Crippen LogP contribution is -2.22. The van der Waals surface area contributed by atoms with Crippen molar-refractivity contribution in [3.8, 4) is 5.75 Å². The number of benzene rings is 2. The normalized spacial score (nSPS) is 10.6. The predicted molar refractivity (Wildman–Crippen MR) is 94.2 cm³/mol. The molecule has 25 heavy (non-hydrogen) atoms. The number of nitrogens with one attached hydrogen (secondary N) is 1. The molecule has 0 aromatic heterocycles. The number of ether oxygens (including phenoxy) is 1. The molecule has 0 fully saturated rings. The maximum absolute atomic E-state index is 12.8. The largest absolute Gasteiger partial charge is 0.494 e. The molecule has 0 bridgehead atoms. The maximum atomic E-state index is 12.8. The molecule has 6 heteroatoms. The molecule has 0 aliphatic heterocycles. The number of amides is 1. The third-order valence-corrected chi connectivity index (χ3v) is 3.33. The molecule has 0 saturated carbocycles. The zero-order valence-electron chi connectivity index (χ0n) is 14.1. The van der Waals surface area contributed by atoms with E-state index in [2.05, 4.69) is 22.2 Å². The Hall–Kier alpha value is -2.89. The minimum atomic E-state index is -0.665. The van der Waals surface area contributed by atoms with Gasteiger partial charge in [-0.25, -0.2) is 9.18 Å². The Morgan fingerprint density at radius 1 is 1.16 bits per heavy atom. The molecule has 132 valence electrons. The molecule has 0 radical (unpaired) electrons. The Balaban J connectivity index is 1.71. The molecular weight excluding hydrogens is 323 g/mol. The first-order chi connectivity index (χ1) is 12.2. The first kappa shape index (κ1) is 18.4. The van der Waals surface area contributed by atoms with E-state index in [0.29, 0.717) is 18.7 Å². The second-order valence-corrected chi connectivity index (χ2v) is 5.36. The van der Waals surface area contributed by atoms with Crippen molar-refractivity contribution in [2.24, 2.45) is 5.16 Å². The summed E-state index contributed by atoms with van der Waals surface area (Å²) in [6.07, 6.45) is 2.78. The summed E-state index contributed by atoms with van der Waals surface area (Å²) in [5.74, 6) is 0.473. The van der Waals surface area contributed by atoms with E-state index in [9.17, 15) is 9.18 Å². The Morgan fingerprint density at radius 3 is 2.56 bits per heavy atom. The van der Waals surface area contributed by atoms with Crippen molar-refractivity contribution in [1.29, 1.82) is 0 Å². The number of carbonyl (C=O) groups is 1. The van der Waals surface area contributed by atoms with Crippen LogP contribution in [0.2, 0.25) is 0 Å². The number of halogens is 1. The number of oxime groups is 1. The molecule has 0 heterocycles. The van der Waals surface area contributed by atoms with E-state index in [1.165, 1.54) is 30.5 Å². The number of nitrogens with zero attached hydrogens (tertiary/aromatic N) is 1. The van der Waals surface area contributed by atoms with Crippen LogP contribution in [0.4, 0.5) is 9.18 Å². The van der Waals surface area contributed by atoms with Crippen LogP contribution < -0.4 is 10.1 Å². The molecule has 0 spiro atoms. The van der Waals surface area contributed by atoms with Gasteiger partial charge in [0.25, 0.3) is 0 Å². The topological polar surface area (TPSA) is 59.9 Å². The third kappa shape index (κ3) is 7.03. The molecule has 0 saturated heterocycles. The van der Waals surface area contributed by atoms with E-state index in [0.717, 1.165) is 24.2 Å². The third-order valence-electron chi connectivity index (χ3n) is 3.33. The van der Waals surface area contributed by atoms with Gasteiger partial charge in [0.2, 0.25) is 0 Å². The van der Waals surface area contributed by atoms with Gasteiger partial charge < -0.3 is 10.1 Å². The predicted octanol–water partition coefficient (Wildman–Crippen LogP) is 4.26. The van der Waals surface area contributed by atoms with E-state index in [-0.39, 0.29) is 5.82 Å². The monoisotopic (exact) mass is 344 g/mol. The quantitative estimate of drug-likeness (QED) is 0.337. The van der Waals surface area contributed by atoms with Gasteiger partial charge in [-0.3, -0.25) is 4.84 Å². The summed E-state index contributed by atoms with van der Waals surface area (Å²) < 4.78 is 18.3. The molecule has 0 aliphatic rings.